The summed E-state index contributed by atoms with van der Waals surface area (Å²) in [5.41, 5.74) is 0.648. The first kappa shape index (κ1) is 15.8. The molecule has 3 nitrogen and oxygen atoms in total. The van der Waals surface area contributed by atoms with Crippen molar-refractivity contribution in [2.24, 2.45) is 11.8 Å². The molecule has 2 saturated carbocycles. The van der Waals surface area contributed by atoms with Gasteiger partial charge in [-0.2, -0.15) is 0 Å². The zero-order chi connectivity index (χ0) is 15.3. The van der Waals surface area contributed by atoms with Gasteiger partial charge in [0, 0.05) is 30.7 Å². The third-order valence-corrected chi connectivity index (χ3v) is 5.92. The van der Waals surface area contributed by atoms with Gasteiger partial charge >= 0.3 is 0 Å². The van der Waals surface area contributed by atoms with E-state index < -0.39 is 0 Å². The highest BCUT2D eigenvalue weighted by molar-refractivity contribution is 5.11. The fraction of sp³-hybridized carbons (Fsp3) is 1.00. The first-order chi connectivity index (χ1) is 9.73. The SMILES string of the molecule is CC(C)(C)OCCN1CC(C)(C2CC2)NCC1(C)C1CC1. The maximum Gasteiger partial charge on any atom is 0.0600 e. The molecule has 3 rings (SSSR count). The summed E-state index contributed by atoms with van der Waals surface area (Å²) in [6.45, 7) is 15.6. The van der Waals surface area contributed by atoms with Gasteiger partial charge in [-0.1, -0.05) is 0 Å². The smallest absolute Gasteiger partial charge is 0.0600 e. The van der Waals surface area contributed by atoms with Crippen molar-refractivity contribution in [1.29, 1.82) is 0 Å². The molecule has 0 radical (unpaired) electrons. The van der Waals surface area contributed by atoms with E-state index in [4.69, 9.17) is 4.74 Å². The van der Waals surface area contributed by atoms with E-state index in [-0.39, 0.29) is 5.60 Å². The van der Waals surface area contributed by atoms with Crippen LogP contribution in [0.2, 0.25) is 0 Å². The van der Waals surface area contributed by atoms with Crippen molar-refractivity contribution in [2.45, 2.75) is 77.0 Å². The molecule has 0 bridgehead atoms. The quantitative estimate of drug-likeness (QED) is 0.843. The third-order valence-electron chi connectivity index (χ3n) is 5.92. The summed E-state index contributed by atoms with van der Waals surface area (Å²) in [4.78, 5) is 2.76. The molecule has 1 saturated heterocycles. The molecule has 2 aliphatic carbocycles. The van der Waals surface area contributed by atoms with Gasteiger partial charge in [-0.05, 0) is 72.1 Å². The predicted octanol–water partition coefficient (Wildman–Crippen LogP) is 3.04. The molecule has 3 aliphatic rings. The van der Waals surface area contributed by atoms with Gasteiger partial charge in [0.2, 0.25) is 0 Å². The van der Waals surface area contributed by atoms with Crippen molar-refractivity contribution < 1.29 is 4.74 Å². The van der Waals surface area contributed by atoms with Crippen LogP contribution in [0.1, 0.15) is 60.3 Å². The van der Waals surface area contributed by atoms with E-state index in [0.29, 0.717) is 11.1 Å². The second kappa shape index (κ2) is 5.21. The van der Waals surface area contributed by atoms with E-state index in [9.17, 15) is 0 Å². The Morgan fingerprint density at radius 3 is 2.24 bits per heavy atom. The number of nitrogens with one attached hydrogen (secondary N) is 1. The molecule has 0 aromatic rings. The van der Waals surface area contributed by atoms with Gasteiger partial charge in [-0.25, -0.2) is 0 Å². The standard InChI is InChI=1S/C18H34N2O/c1-16(2,3)21-11-10-20-13-17(4,14-6-7-14)19-12-18(20,5)15-8-9-15/h14-15,19H,6-13H2,1-5H3. The van der Waals surface area contributed by atoms with Crippen molar-refractivity contribution in [3.05, 3.63) is 0 Å². The van der Waals surface area contributed by atoms with Gasteiger partial charge < -0.3 is 10.1 Å². The van der Waals surface area contributed by atoms with E-state index in [1.807, 2.05) is 0 Å². The highest BCUT2D eigenvalue weighted by atomic mass is 16.5. The van der Waals surface area contributed by atoms with Gasteiger partial charge in [-0.3, -0.25) is 4.90 Å². The normalized spacial score (nSPS) is 38.7. The number of nitrogens with zero attached hydrogens (tertiary/aromatic N) is 1. The first-order valence-electron chi connectivity index (χ1n) is 8.87. The molecule has 2 unspecified atom stereocenters. The van der Waals surface area contributed by atoms with Gasteiger partial charge in [-0.15, -0.1) is 0 Å². The minimum Gasteiger partial charge on any atom is -0.375 e. The van der Waals surface area contributed by atoms with Crippen LogP contribution in [0, 0.1) is 11.8 Å². The van der Waals surface area contributed by atoms with Gasteiger partial charge in [0.15, 0.2) is 0 Å². The molecular weight excluding hydrogens is 260 g/mol. The largest absolute Gasteiger partial charge is 0.375 e. The molecule has 122 valence electrons. The number of hydrogen-bond acceptors (Lipinski definition) is 3. The Balaban J connectivity index is 1.65. The predicted molar refractivity (Wildman–Crippen MR) is 87.5 cm³/mol. The van der Waals surface area contributed by atoms with Crippen LogP contribution in [0.5, 0.6) is 0 Å². The van der Waals surface area contributed by atoms with Crippen molar-refractivity contribution >= 4 is 0 Å². The van der Waals surface area contributed by atoms with E-state index in [1.165, 1.54) is 32.2 Å². The summed E-state index contributed by atoms with van der Waals surface area (Å²) in [5, 5.41) is 3.92. The minimum absolute atomic E-state index is 0.0240. The minimum atomic E-state index is -0.0240. The molecule has 3 heteroatoms. The summed E-state index contributed by atoms with van der Waals surface area (Å²) < 4.78 is 6.01. The van der Waals surface area contributed by atoms with E-state index >= 15 is 0 Å². The monoisotopic (exact) mass is 294 g/mol. The lowest BCUT2D eigenvalue weighted by atomic mass is 9.83. The Kier molecular flexibility index (Phi) is 3.91. The molecule has 0 aromatic carbocycles. The Morgan fingerprint density at radius 2 is 1.71 bits per heavy atom. The van der Waals surface area contributed by atoms with Crippen molar-refractivity contribution in [3.63, 3.8) is 0 Å². The molecule has 0 amide bonds. The molecule has 1 N–H and O–H groups in total. The Morgan fingerprint density at radius 1 is 1.10 bits per heavy atom. The van der Waals surface area contributed by atoms with Gasteiger partial charge in [0.25, 0.3) is 0 Å². The summed E-state index contributed by atoms with van der Waals surface area (Å²) in [6.07, 6.45) is 5.65. The number of ether oxygens (including phenoxy) is 1. The Labute approximate surface area is 130 Å². The van der Waals surface area contributed by atoms with E-state index in [0.717, 1.165) is 31.5 Å². The van der Waals surface area contributed by atoms with Gasteiger partial charge in [0.05, 0.1) is 12.2 Å². The summed E-state index contributed by atoms with van der Waals surface area (Å²) in [5.74, 6) is 1.79. The lowest BCUT2D eigenvalue weighted by Crippen LogP contribution is -2.70. The molecule has 2 atom stereocenters. The first-order valence-corrected chi connectivity index (χ1v) is 8.87. The van der Waals surface area contributed by atoms with Crippen LogP contribution in [0.15, 0.2) is 0 Å². The average Bonchev–Trinajstić information content (AvgIpc) is 3.25. The van der Waals surface area contributed by atoms with Crippen molar-refractivity contribution in [3.8, 4) is 0 Å². The highest BCUT2D eigenvalue weighted by Crippen LogP contribution is 2.48. The lowest BCUT2D eigenvalue weighted by Gasteiger charge is -2.53. The third kappa shape index (κ3) is 3.46. The maximum absolute atomic E-state index is 6.01. The van der Waals surface area contributed by atoms with Gasteiger partial charge in [0.1, 0.15) is 0 Å². The number of hydrogen-bond donors (Lipinski definition) is 1. The van der Waals surface area contributed by atoms with Crippen LogP contribution in [-0.2, 0) is 4.74 Å². The van der Waals surface area contributed by atoms with E-state index in [1.54, 1.807) is 0 Å². The van der Waals surface area contributed by atoms with Crippen molar-refractivity contribution in [2.75, 3.05) is 26.2 Å². The van der Waals surface area contributed by atoms with Crippen LogP contribution in [0.4, 0.5) is 0 Å². The molecule has 3 fully saturated rings. The number of piperazine rings is 1. The fourth-order valence-corrected chi connectivity index (χ4v) is 4.02. The van der Waals surface area contributed by atoms with Crippen molar-refractivity contribution in [1.82, 2.24) is 10.2 Å². The summed E-state index contributed by atoms with van der Waals surface area (Å²) in [7, 11) is 0. The topological polar surface area (TPSA) is 24.5 Å². The average molecular weight is 294 g/mol. The zero-order valence-corrected chi connectivity index (χ0v) is 14.7. The maximum atomic E-state index is 6.01. The van der Waals surface area contributed by atoms with Crippen LogP contribution < -0.4 is 5.32 Å². The molecule has 21 heavy (non-hydrogen) atoms. The van der Waals surface area contributed by atoms with Crippen LogP contribution in [0.25, 0.3) is 0 Å². The van der Waals surface area contributed by atoms with Crippen LogP contribution in [-0.4, -0.2) is 47.8 Å². The Hall–Kier alpha value is -0.120. The Bertz CT molecular complexity index is 383. The number of rotatable bonds is 5. The molecular formula is C18H34N2O. The zero-order valence-electron chi connectivity index (χ0n) is 14.7. The molecule has 0 spiro atoms. The molecule has 1 aliphatic heterocycles. The molecule has 1 heterocycles. The second-order valence-corrected chi connectivity index (χ2v) is 9.06. The summed E-state index contributed by atoms with van der Waals surface area (Å²) in [6, 6.07) is 0. The van der Waals surface area contributed by atoms with E-state index in [2.05, 4.69) is 44.8 Å². The fourth-order valence-electron chi connectivity index (χ4n) is 4.02. The molecule has 0 aromatic heterocycles. The van der Waals surface area contributed by atoms with Crippen LogP contribution in [0.3, 0.4) is 0 Å². The summed E-state index contributed by atoms with van der Waals surface area (Å²) >= 11 is 0. The van der Waals surface area contributed by atoms with Crippen LogP contribution >= 0.6 is 0 Å². The highest BCUT2D eigenvalue weighted by Gasteiger charge is 2.53. The second-order valence-electron chi connectivity index (χ2n) is 9.06. The lowest BCUT2D eigenvalue weighted by molar-refractivity contribution is -0.0527.